The molecule has 0 radical (unpaired) electrons. The number of nitrogens with zero attached hydrogens (tertiary/aromatic N) is 6. The molecule has 0 saturated carbocycles. The molecule has 164 valence electrons. The largest absolute Gasteiger partial charge is 0.367 e. The lowest BCUT2D eigenvalue weighted by molar-refractivity contribution is 0.372. The first kappa shape index (κ1) is 23.3. The summed E-state index contributed by atoms with van der Waals surface area (Å²) >= 11 is 6.37. The number of nitrogens with one attached hydrogen (secondary N) is 1. The molecule has 0 atom stereocenters. The van der Waals surface area contributed by atoms with Gasteiger partial charge in [-0.15, -0.1) is 34.2 Å². The van der Waals surface area contributed by atoms with Gasteiger partial charge in [-0.05, 0) is 31.2 Å². The predicted octanol–water partition coefficient (Wildman–Crippen LogP) is 3.83. The lowest BCUT2D eigenvalue weighted by Crippen LogP contribution is -2.52. The van der Waals surface area contributed by atoms with E-state index in [4.69, 9.17) is 16.6 Å². The number of piperazine rings is 1. The van der Waals surface area contributed by atoms with E-state index in [2.05, 4.69) is 38.3 Å². The number of benzene rings is 2. The molecule has 1 fully saturated rings. The first-order valence-electron chi connectivity index (χ1n) is 10.2. The minimum absolute atomic E-state index is 0. The molecule has 1 N–H and O–H groups in total. The third kappa shape index (κ3) is 5.68. The molecule has 0 spiro atoms. The van der Waals surface area contributed by atoms with Crippen molar-refractivity contribution in [3.63, 3.8) is 0 Å². The van der Waals surface area contributed by atoms with E-state index in [1.54, 1.807) is 6.33 Å². The van der Waals surface area contributed by atoms with Gasteiger partial charge in [0.2, 0.25) is 0 Å². The van der Waals surface area contributed by atoms with E-state index in [-0.39, 0.29) is 24.0 Å². The van der Waals surface area contributed by atoms with E-state index in [1.165, 1.54) is 0 Å². The Morgan fingerprint density at radius 1 is 1.03 bits per heavy atom. The maximum Gasteiger partial charge on any atom is 0.194 e. The third-order valence-corrected chi connectivity index (χ3v) is 5.45. The van der Waals surface area contributed by atoms with Crippen LogP contribution in [-0.4, -0.2) is 58.3 Å². The van der Waals surface area contributed by atoms with E-state index in [0.717, 1.165) is 60.9 Å². The molecule has 9 heteroatoms. The number of aliphatic imine (C=N–C) groups is 1. The lowest BCUT2D eigenvalue weighted by Gasteiger charge is -2.38. The van der Waals surface area contributed by atoms with Gasteiger partial charge in [-0.2, -0.15) is 0 Å². The number of aromatic nitrogens is 3. The Labute approximate surface area is 205 Å². The van der Waals surface area contributed by atoms with Crippen LogP contribution in [0.15, 0.2) is 65.9 Å². The highest BCUT2D eigenvalue weighted by Gasteiger charge is 2.21. The Bertz CT molecular complexity index is 984. The van der Waals surface area contributed by atoms with Crippen LogP contribution in [0.5, 0.6) is 0 Å². The van der Waals surface area contributed by atoms with E-state index < -0.39 is 0 Å². The Morgan fingerprint density at radius 3 is 2.45 bits per heavy atom. The molecule has 0 bridgehead atoms. The van der Waals surface area contributed by atoms with Crippen molar-refractivity contribution >= 4 is 47.2 Å². The van der Waals surface area contributed by atoms with Crippen molar-refractivity contribution in [3.8, 4) is 5.69 Å². The molecule has 0 aliphatic carbocycles. The van der Waals surface area contributed by atoms with Crippen LogP contribution >= 0.6 is 35.6 Å². The maximum absolute atomic E-state index is 6.37. The van der Waals surface area contributed by atoms with Crippen LogP contribution in [-0.2, 0) is 6.54 Å². The van der Waals surface area contributed by atoms with E-state index in [9.17, 15) is 0 Å². The van der Waals surface area contributed by atoms with Crippen molar-refractivity contribution in [1.29, 1.82) is 0 Å². The van der Waals surface area contributed by atoms with Crippen molar-refractivity contribution < 1.29 is 0 Å². The number of rotatable bonds is 5. The van der Waals surface area contributed by atoms with Crippen LogP contribution in [0.25, 0.3) is 5.69 Å². The predicted molar refractivity (Wildman–Crippen MR) is 137 cm³/mol. The summed E-state index contributed by atoms with van der Waals surface area (Å²) in [5, 5.41) is 12.6. The second kappa shape index (κ2) is 11.3. The summed E-state index contributed by atoms with van der Waals surface area (Å²) in [5.41, 5.74) is 2.13. The molecule has 2 heterocycles. The Hall–Kier alpha value is -2.33. The zero-order chi connectivity index (χ0) is 20.8. The van der Waals surface area contributed by atoms with E-state index >= 15 is 0 Å². The second-order valence-electron chi connectivity index (χ2n) is 7.05. The molecule has 0 amide bonds. The fourth-order valence-electron chi connectivity index (χ4n) is 3.61. The highest BCUT2D eigenvalue weighted by Crippen LogP contribution is 2.26. The molecule has 1 aliphatic rings. The van der Waals surface area contributed by atoms with Gasteiger partial charge < -0.3 is 15.1 Å². The normalized spacial score (nSPS) is 14.3. The number of hydrogen-bond donors (Lipinski definition) is 1. The van der Waals surface area contributed by atoms with Gasteiger partial charge in [0.1, 0.15) is 12.9 Å². The minimum atomic E-state index is 0. The number of para-hydroxylation sites is 2. The summed E-state index contributed by atoms with van der Waals surface area (Å²) in [6.07, 6.45) is 1.73. The van der Waals surface area contributed by atoms with Crippen LogP contribution in [0.2, 0.25) is 5.02 Å². The van der Waals surface area contributed by atoms with Crippen molar-refractivity contribution in [1.82, 2.24) is 25.0 Å². The average molecular weight is 552 g/mol. The fourth-order valence-corrected chi connectivity index (χ4v) is 3.87. The minimum Gasteiger partial charge on any atom is -0.367 e. The number of halogens is 2. The van der Waals surface area contributed by atoms with Gasteiger partial charge in [-0.25, -0.2) is 4.99 Å². The zero-order valence-electron chi connectivity index (χ0n) is 17.5. The van der Waals surface area contributed by atoms with Gasteiger partial charge in [0.15, 0.2) is 11.8 Å². The van der Waals surface area contributed by atoms with Gasteiger partial charge in [-0.1, -0.05) is 41.9 Å². The Morgan fingerprint density at radius 2 is 1.74 bits per heavy atom. The number of guanidine groups is 1. The van der Waals surface area contributed by atoms with Crippen molar-refractivity contribution in [2.24, 2.45) is 4.99 Å². The standard InChI is InChI=1S/C22H26ClN7.HI/c1-2-24-22(25-16-21-27-26-17-30(21)18-8-4-3-5-9-18)29-14-12-28(13-15-29)20-11-7-6-10-19(20)23;/h3-11,17H,2,12-16H2,1H3,(H,24,25);1H. The van der Waals surface area contributed by atoms with Crippen LogP contribution in [0.1, 0.15) is 12.7 Å². The molecular formula is C22H27ClIN7. The summed E-state index contributed by atoms with van der Waals surface area (Å²) in [7, 11) is 0. The molecule has 1 saturated heterocycles. The highest BCUT2D eigenvalue weighted by molar-refractivity contribution is 14.0. The van der Waals surface area contributed by atoms with Gasteiger partial charge >= 0.3 is 0 Å². The monoisotopic (exact) mass is 551 g/mol. The second-order valence-corrected chi connectivity index (χ2v) is 7.46. The molecule has 1 aromatic heterocycles. The number of hydrogen-bond acceptors (Lipinski definition) is 4. The van der Waals surface area contributed by atoms with Gasteiger partial charge in [0.05, 0.1) is 10.7 Å². The molecule has 3 aromatic rings. The third-order valence-electron chi connectivity index (χ3n) is 5.13. The first-order chi connectivity index (χ1) is 14.8. The first-order valence-corrected chi connectivity index (χ1v) is 10.6. The zero-order valence-corrected chi connectivity index (χ0v) is 20.6. The van der Waals surface area contributed by atoms with Crippen molar-refractivity contribution in [2.45, 2.75) is 13.5 Å². The molecule has 2 aromatic carbocycles. The molecule has 1 aliphatic heterocycles. The highest BCUT2D eigenvalue weighted by atomic mass is 127. The molecule has 31 heavy (non-hydrogen) atoms. The van der Waals surface area contributed by atoms with E-state index in [0.29, 0.717) is 6.54 Å². The fraction of sp³-hybridized carbons (Fsp3) is 0.318. The molecular weight excluding hydrogens is 525 g/mol. The summed E-state index contributed by atoms with van der Waals surface area (Å²) in [6, 6.07) is 18.1. The van der Waals surface area contributed by atoms with Crippen LogP contribution in [0, 0.1) is 0 Å². The van der Waals surface area contributed by atoms with Crippen LogP contribution in [0.3, 0.4) is 0 Å². The van der Waals surface area contributed by atoms with Crippen LogP contribution in [0.4, 0.5) is 5.69 Å². The van der Waals surface area contributed by atoms with Gasteiger partial charge in [0, 0.05) is 38.4 Å². The SMILES string of the molecule is CCNC(=NCc1nncn1-c1ccccc1)N1CCN(c2ccccc2Cl)CC1.I. The van der Waals surface area contributed by atoms with Crippen molar-refractivity contribution in [2.75, 3.05) is 37.6 Å². The summed E-state index contributed by atoms with van der Waals surface area (Å²) in [4.78, 5) is 9.46. The summed E-state index contributed by atoms with van der Waals surface area (Å²) in [5.74, 6) is 1.71. The Kier molecular flexibility index (Phi) is 8.53. The molecule has 0 unspecified atom stereocenters. The average Bonchev–Trinajstić information content (AvgIpc) is 3.26. The lowest BCUT2D eigenvalue weighted by atomic mass is 10.2. The van der Waals surface area contributed by atoms with Crippen molar-refractivity contribution in [3.05, 3.63) is 71.8 Å². The topological polar surface area (TPSA) is 61.6 Å². The van der Waals surface area contributed by atoms with Gasteiger partial charge in [-0.3, -0.25) is 4.57 Å². The smallest absolute Gasteiger partial charge is 0.194 e. The molecule has 4 rings (SSSR count). The number of anilines is 1. The van der Waals surface area contributed by atoms with Crippen LogP contribution < -0.4 is 10.2 Å². The summed E-state index contributed by atoms with van der Waals surface area (Å²) < 4.78 is 1.97. The van der Waals surface area contributed by atoms with Gasteiger partial charge in [0.25, 0.3) is 0 Å². The maximum atomic E-state index is 6.37. The Balaban J connectivity index is 0.00000272. The van der Waals surface area contributed by atoms with E-state index in [1.807, 2.05) is 53.1 Å². The quantitative estimate of drug-likeness (QED) is 0.297. The summed E-state index contributed by atoms with van der Waals surface area (Å²) in [6.45, 7) is 6.91. The molecule has 7 nitrogen and oxygen atoms in total.